The van der Waals surface area contributed by atoms with Gasteiger partial charge >= 0.3 is 0 Å². The molecule has 0 spiro atoms. The normalized spacial score (nSPS) is 11.6. The Morgan fingerprint density at radius 3 is 2.33 bits per heavy atom. The van der Waals surface area contributed by atoms with E-state index in [9.17, 15) is 4.79 Å². The molecule has 0 unspecified atom stereocenters. The van der Waals surface area contributed by atoms with E-state index in [4.69, 9.17) is 15.7 Å². The first-order valence-electron chi connectivity index (χ1n) is 12.0. The van der Waals surface area contributed by atoms with Crippen LogP contribution in [-0.4, -0.2) is 33.3 Å². The maximum atomic E-state index is 13.3. The van der Waals surface area contributed by atoms with Gasteiger partial charge in [0.2, 0.25) is 0 Å². The lowest BCUT2D eigenvalue weighted by Gasteiger charge is -2.06. The molecule has 3 aromatic carbocycles. The minimum absolute atomic E-state index is 0.201. The van der Waals surface area contributed by atoms with Gasteiger partial charge in [-0.1, -0.05) is 80.6 Å². The fourth-order valence-electron chi connectivity index (χ4n) is 4.13. The molecule has 0 saturated heterocycles. The Hall–Kier alpha value is -4.52. The van der Waals surface area contributed by atoms with E-state index in [1.807, 2.05) is 66.7 Å². The number of benzene rings is 3. The number of aromatic nitrogens is 3. The van der Waals surface area contributed by atoms with E-state index in [0.29, 0.717) is 41.1 Å². The van der Waals surface area contributed by atoms with Crippen molar-refractivity contribution in [3.8, 4) is 0 Å². The molecule has 1 amide bonds. The molecule has 2 heterocycles. The summed E-state index contributed by atoms with van der Waals surface area (Å²) in [6, 6.07) is 25.7. The van der Waals surface area contributed by atoms with E-state index < -0.39 is 0 Å². The average Bonchev–Trinajstić information content (AvgIpc) is 3.16. The Morgan fingerprint density at radius 1 is 0.972 bits per heavy atom. The van der Waals surface area contributed by atoms with Crippen molar-refractivity contribution in [2.24, 2.45) is 5.10 Å². The Kier molecular flexibility index (Phi) is 6.45. The maximum Gasteiger partial charge on any atom is 0.257 e. The number of hydrogen-bond donors (Lipinski definition) is 2. The quantitative estimate of drug-likeness (QED) is 0.318. The average molecular weight is 477 g/mol. The van der Waals surface area contributed by atoms with Crippen molar-refractivity contribution in [3.05, 3.63) is 101 Å². The Bertz CT molecular complexity index is 1550. The van der Waals surface area contributed by atoms with Crippen LogP contribution in [0.25, 0.3) is 22.2 Å². The van der Waals surface area contributed by atoms with Crippen LogP contribution in [0.2, 0.25) is 0 Å². The molecule has 0 saturated carbocycles. The van der Waals surface area contributed by atoms with E-state index in [0.717, 1.165) is 11.1 Å². The molecular formula is C29H28N6O. The fraction of sp³-hybridized carbons (Fsp3) is 0.172. The summed E-state index contributed by atoms with van der Waals surface area (Å²) in [6.45, 7) is 4.79. The highest BCUT2D eigenvalue weighted by atomic mass is 16.1. The molecule has 0 radical (unpaired) electrons. The van der Waals surface area contributed by atoms with E-state index in [2.05, 4.69) is 36.4 Å². The molecule has 0 aliphatic heterocycles. The molecule has 3 N–H and O–H groups in total. The molecule has 0 aliphatic rings. The van der Waals surface area contributed by atoms with Gasteiger partial charge in [-0.3, -0.25) is 4.79 Å². The summed E-state index contributed by atoms with van der Waals surface area (Å²) in [5.74, 6) is 0.354. The van der Waals surface area contributed by atoms with Crippen LogP contribution in [0, 0.1) is 0 Å². The molecule has 2 aromatic heterocycles. The summed E-state index contributed by atoms with van der Waals surface area (Å²) in [6.07, 6.45) is 2.43. The van der Waals surface area contributed by atoms with Gasteiger partial charge in [-0.2, -0.15) is 9.78 Å². The third-order valence-corrected chi connectivity index (χ3v) is 6.17. The zero-order valence-electron chi connectivity index (χ0n) is 20.3. The molecule has 7 heteroatoms. The minimum atomic E-state index is -0.298. The van der Waals surface area contributed by atoms with E-state index in [1.54, 1.807) is 6.21 Å². The van der Waals surface area contributed by atoms with Crippen LogP contribution in [0.3, 0.4) is 0 Å². The van der Waals surface area contributed by atoms with Crippen LogP contribution in [0.1, 0.15) is 46.8 Å². The second-order valence-corrected chi connectivity index (χ2v) is 9.01. The molecule has 5 aromatic rings. The first-order valence-corrected chi connectivity index (χ1v) is 12.0. The van der Waals surface area contributed by atoms with Crippen LogP contribution in [0.15, 0.2) is 84.0 Å². The van der Waals surface area contributed by atoms with E-state index in [-0.39, 0.29) is 17.3 Å². The fourth-order valence-corrected chi connectivity index (χ4v) is 4.13. The van der Waals surface area contributed by atoms with Crippen molar-refractivity contribution < 1.29 is 4.79 Å². The van der Waals surface area contributed by atoms with Crippen molar-refractivity contribution in [1.82, 2.24) is 20.0 Å². The smallest absolute Gasteiger partial charge is 0.257 e. The predicted octanol–water partition coefficient (Wildman–Crippen LogP) is 5.14. The number of nitrogens with zero attached hydrogens (tertiary/aromatic N) is 4. The van der Waals surface area contributed by atoms with Crippen molar-refractivity contribution >= 4 is 40.1 Å². The first kappa shape index (κ1) is 23.2. The first-order chi connectivity index (χ1) is 17.5. The highest BCUT2D eigenvalue weighted by molar-refractivity contribution is 6.10. The number of nitrogen functional groups attached to an aromatic ring is 1. The lowest BCUT2D eigenvalue weighted by molar-refractivity contribution is 0.0956. The topological polar surface area (TPSA) is 98.2 Å². The monoisotopic (exact) mass is 476 g/mol. The summed E-state index contributed by atoms with van der Waals surface area (Å²) in [5.41, 5.74) is 12.4. The number of carbonyl (C=O) groups is 1. The lowest BCUT2D eigenvalue weighted by atomic mass is 10.0. The molecule has 5 rings (SSSR count). The number of rotatable bonds is 7. The van der Waals surface area contributed by atoms with Crippen LogP contribution in [0.4, 0.5) is 5.82 Å². The second-order valence-electron chi connectivity index (χ2n) is 9.01. The highest BCUT2D eigenvalue weighted by Gasteiger charge is 2.24. The number of anilines is 1. The van der Waals surface area contributed by atoms with E-state index in [1.165, 1.54) is 10.2 Å². The number of nitrogens with one attached hydrogen (secondary N) is 1. The summed E-state index contributed by atoms with van der Waals surface area (Å²) in [4.78, 5) is 22.8. The summed E-state index contributed by atoms with van der Waals surface area (Å²) in [7, 11) is 0. The zero-order chi connectivity index (χ0) is 25.1. The molecule has 180 valence electrons. The van der Waals surface area contributed by atoms with Crippen molar-refractivity contribution in [2.75, 3.05) is 12.3 Å². The van der Waals surface area contributed by atoms with Crippen LogP contribution < -0.4 is 11.1 Å². The summed E-state index contributed by atoms with van der Waals surface area (Å²) >= 11 is 0. The third kappa shape index (κ3) is 4.68. The maximum absolute atomic E-state index is 13.3. The molecular weight excluding hydrogens is 448 g/mol. The Labute approximate surface area is 209 Å². The largest absolute Gasteiger partial charge is 0.383 e. The zero-order valence-corrected chi connectivity index (χ0v) is 20.3. The lowest BCUT2D eigenvalue weighted by Crippen LogP contribution is -2.26. The van der Waals surface area contributed by atoms with Gasteiger partial charge in [-0.05, 0) is 41.2 Å². The van der Waals surface area contributed by atoms with Gasteiger partial charge in [0.1, 0.15) is 16.9 Å². The predicted molar refractivity (Wildman–Crippen MR) is 145 cm³/mol. The number of fused-ring (bicyclic) bond motifs is 2. The van der Waals surface area contributed by atoms with Crippen LogP contribution in [0.5, 0.6) is 0 Å². The number of nitrogens with two attached hydrogens (primary N) is 1. The van der Waals surface area contributed by atoms with Gasteiger partial charge in [-0.25, -0.2) is 9.97 Å². The molecule has 0 bridgehead atoms. The Balaban J connectivity index is 1.51. The van der Waals surface area contributed by atoms with Crippen LogP contribution in [-0.2, 0) is 6.42 Å². The number of hydrogen-bond acceptors (Lipinski definition) is 5. The molecule has 0 aliphatic carbocycles. The number of carbonyl (C=O) groups excluding carboxylic acids is 1. The van der Waals surface area contributed by atoms with Gasteiger partial charge in [-0.15, -0.1) is 0 Å². The SMILES string of the molecule is CC(C)c1ccc(/C=N\n2c(N)c(C(=O)NCCc3ccccc3)c3nc4ccccc4nc32)cc1. The van der Waals surface area contributed by atoms with Crippen molar-refractivity contribution in [1.29, 1.82) is 0 Å². The van der Waals surface area contributed by atoms with Gasteiger partial charge in [0.05, 0.1) is 17.2 Å². The number of amides is 1. The minimum Gasteiger partial charge on any atom is -0.383 e. The number of para-hydroxylation sites is 2. The third-order valence-electron chi connectivity index (χ3n) is 6.17. The van der Waals surface area contributed by atoms with Gasteiger partial charge < -0.3 is 11.1 Å². The van der Waals surface area contributed by atoms with Gasteiger partial charge in [0.25, 0.3) is 5.91 Å². The molecule has 0 atom stereocenters. The standard InChI is InChI=1S/C29H28N6O/c1-19(2)22-14-12-21(13-15-22)18-32-35-27(30)25(29(36)31-17-16-20-8-4-3-5-9-20)26-28(35)34-24-11-7-6-10-23(24)33-26/h3-15,18-19H,16-17,30H2,1-2H3,(H,31,36)/b32-18-. The van der Waals surface area contributed by atoms with E-state index >= 15 is 0 Å². The summed E-state index contributed by atoms with van der Waals surface area (Å²) in [5, 5.41) is 7.58. The van der Waals surface area contributed by atoms with Crippen molar-refractivity contribution in [3.63, 3.8) is 0 Å². The second kappa shape index (κ2) is 10.00. The van der Waals surface area contributed by atoms with Gasteiger partial charge in [0, 0.05) is 6.54 Å². The van der Waals surface area contributed by atoms with Crippen LogP contribution >= 0.6 is 0 Å². The molecule has 0 fully saturated rings. The van der Waals surface area contributed by atoms with Crippen molar-refractivity contribution in [2.45, 2.75) is 26.2 Å². The molecule has 36 heavy (non-hydrogen) atoms. The summed E-state index contributed by atoms with van der Waals surface area (Å²) < 4.78 is 1.50. The molecule has 7 nitrogen and oxygen atoms in total. The van der Waals surface area contributed by atoms with Gasteiger partial charge in [0.15, 0.2) is 5.65 Å². The highest BCUT2D eigenvalue weighted by Crippen LogP contribution is 2.28. The Morgan fingerprint density at radius 2 is 1.64 bits per heavy atom.